The minimum atomic E-state index is 0.694. The molecule has 1 unspecified atom stereocenters. The van der Waals surface area contributed by atoms with E-state index >= 15 is 0 Å². The van der Waals surface area contributed by atoms with Crippen LogP contribution in [0.4, 0.5) is 5.69 Å². The highest BCUT2D eigenvalue weighted by Crippen LogP contribution is 2.29. The second-order valence-electron chi connectivity index (χ2n) is 5.41. The second kappa shape index (κ2) is 9.51. The summed E-state index contributed by atoms with van der Waals surface area (Å²) in [6.45, 7) is 5.56. The second-order valence-corrected chi connectivity index (χ2v) is 5.41. The Morgan fingerprint density at radius 2 is 1.80 bits per heavy atom. The minimum Gasteiger partial charge on any atom is -0.493 e. The first-order chi connectivity index (χ1) is 9.71. The van der Waals surface area contributed by atoms with Gasteiger partial charge in [0.25, 0.3) is 0 Å². The van der Waals surface area contributed by atoms with Gasteiger partial charge >= 0.3 is 0 Å². The zero-order valence-electron chi connectivity index (χ0n) is 13.4. The average molecular weight is 279 g/mol. The van der Waals surface area contributed by atoms with Crippen molar-refractivity contribution >= 4 is 5.69 Å². The van der Waals surface area contributed by atoms with E-state index in [-0.39, 0.29) is 0 Å². The Hall–Kier alpha value is -1.38. The molecular formula is C17H29NO2. The lowest BCUT2D eigenvalue weighted by molar-refractivity contribution is 0.355. The maximum atomic E-state index is 5.31. The van der Waals surface area contributed by atoms with E-state index in [1.165, 1.54) is 32.1 Å². The molecule has 0 amide bonds. The van der Waals surface area contributed by atoms with Crippen molar-refractivity contribution < 1.29 is 9.47 Å². The quantitative estimate of drug-likeness (QED) is 0.628. The summed E-state index contributed by atoms with van der Waals surface area (Å²) in [5.41, 5.74) is 1.09. The summed E-state index contributed by atoms with van der Waals surface area (Å²) in [5, 5.41) is 3.48. The summed E-state index contributed by atoms with van der Waals surface area (Å²) < 4.78 is 10.6. The van der Waals surface area contributed by atoms with Crippen LogP contribution in [0.25, 0.3) is 0 Å². The lowest BCUT2D eigenvalue weighted by atomic mass is 10.0. The minimum absolute atomic E-state index is 0.694. The number of hydrogen-bond donors (Lipinski definition) is 1. The molecule has 0 aliphatic heterocycles. The van der Waals surface area contributed by atoms with Crippen molar-refractivity contribution in [2.24, 2.45) is 5.92 Å². The van der Waals surface area contributed by atoms with E-state index < -0.39 is 0 Å². The molecule has 1 N–H and O–H groups in total. The first-order valence-electron chi connectivity index (χ1n) is 7.67. The molecule has 1 atom stereocenters. The van der Waals surface area contributed by atoms with Gasteiger partial charge in [-0.25, -0.2) is 0 Å². The van der Waals surface area contributed by atoms with Crippen molar-refractivity contribution in [3.8, 4) is 11.5 Å². The Labute approximate surface area is 123 Å². The zero-order valence-corrected chi connectivity index (χ0v) is 13.4. The number of anilines is 1. The third kappa shape index (κ3) is 5.72. The molecule has 0 radical (unpaired) electrons. The molecule has 0 saturated heterocycles. The topological polar surface area (TPSA) is 30.5 Å². The van der Waals surface area contributed by atoms with Crippen LogP contribution >= 0.6 is 0 Å². The highest BCUT2D eigenvalue weighted by atomic mass is 16.5. The molecule has 0 bridgehead atoms. The van der Waals surface area contributed by atoms with Gasteiger partial charge in [0, 0.05) is 18.3 Å². The number of unbranched alkanes of at least 4 members (excludes halogenated alkanes) is 3. The Morgan fingerprint density at radius 1 is 1.05 bits per heavy atom. The fourth-order valence-corrected chi connectivity index (χ4v) is 2.26. The van der Waals surface area contributed by atoms with E-state index in [2.05, 4.69) is 19.2 Å². The van der Waals surface area contributed by atoms with Crippen molar-refractivity contribution in [3.05, 3.63) is 18.2 Å². The smallest absolute Gasteiger partial charge is 0.162 e. The fraction of sp³-hybridized carbons (Fsp3) is 0.647. The summed E-state index contributed by atoms with van der Waals surface area (Å²) in [6, 6.07) is 5.96. The molecular weight excluding hydrogens is 250 g/mol. The molecule has 0 fully saturated rings. The Bertz CT molecular complexity index is 379. The first kappa shape index (κ1) is 16.7. The van der Waals surface area contributed by atoms with Gasteiger partial charge in [0.05, 0.1) is 14.2 Å². The standard InChI is InChI=1S/C17H29NO2/c1-5-6-7-8-9-14(2)13-18-15-10-11-16(19-3)17(12-15)20-4/h10-12,14,18H,5-9,13H2,1-4H3. The lowest BCUT2D eigenvalue weighted by Gasteiger charge is -2.15. The number of hydrogen-bond acceptors (Lipinski definition) is 3. The highest BCUT2D eigenvalue weighted by molar-refractivity contribution is 5.54. The number of benzene rings is 1. The molecule has 0 saturated carbocycles. The molecule has 20 heavy (non-hydrogen) atoms. The fourth-order valence-electron chi connectivity index (χ4n) is 2.26. The molecule has 114 valence electrons. The Kier molecular flexibility index (Phi) is 7.93. The average Bonchev–Trinajstić information content (AvgIpc) is 2.49. The van der Waals surface area contributed by atoms with Crippen molar-refractivity contribution in [3.63, 3.8) is 0 Å². The normalized spacial score (nSPS) is 12.0. The van der Waals surface area contributed by atoms with Gasteiger partial charge in [-0.15, -0.1) is 0 Å². The van der Waals surface area contributed by atoms with Gasteiger partial charge in [0.2, 0.25) is 0 Å². The van der Waals surface area contributed by atoms with E-state index in [1.54, 1.807) is 14.2 Å². The van der Waals surface area contributed by atoms with Crippen molar-refractivity contribution in [2.75, 3.05) is 26.1 Å². The van der Waals surface area contributed by atoms with Gasteiger partial charge in [-0.3, -0.25) is 0 Å². The summed E-state index contributed by atoms with van der Waals surface area (Å²) in [4.78, 5) is 0. The van der Waals surface area contributed by atoms with E-state index in [0.29, 0.717) is 5.92 Å². The maximum absolute atomic E-state index is 5.31. The first-order valence-corrected chi connectivity index (χ1v) is 7.67. The van der Waals surface area contributed by atoms with Crippen LogP contribution in [-0.2, 0) is 0 Å². The largest absolute Gasteiger partial charge is 0.493 e. The molecule has 1 rings (SSSR count). The van der Waals surface area contributed by atoms with Crippen LogP contribution in [0.5, 0.6) is 11.5 Å². The predicted molar refractivity (Wildman–Crippen MR) is 86.0 cm³/mol. The van der Waals surface area contributed by atoms with Crippen LogP contribution in [0.15, 0.2) is 18.2 Å². The van der Waals surface area contributed by atoms with Crippen LogP contribution in [0.2, 0.25) is 0 Å². The molecule has 0 heterocycles. The number of ether oxygens (including phenoxy) is 2. The van der Waals surface area contributed by atoms with E-state index in [0.717, 1.165) is 23.7 Å². The molecule has 3 heteroatoms. The molecule has 1 aromatic rings. The van der Waals surface area contributed by atoms with E-state index in [9.17, 15) is 0 Å². The zero-order chi connectivity index (χ0) is 14.8. The predicted octanol–water partition coefficient (Wildman–Crippen LogP) is 4.72. The van der Waals surface area contributed by atoms with E-state index in [4.69, 9.17) is 9.47 Å². The lowest BCUT2D eigenvalue weighted by Crippen LogP contribution is -2.11. The molecule has 0 aromatic heterocycles. The molecule has 3 nitrogen and oxygen atoms in total. The summed E-state index contributed by atoms with van der Waals surface area (Å²) >= 11 is 0. The Morgan fingerprint density at radius 3 is 2.45 bits per heavy atom. The van der Waals surface area contributed by atoms with Gasteiger partial charge in [-0.2, -0.15) is 0 Å². The van der Waals surface area contributed by atoms with Gasteiger partial charge in [-0.05, 0) is 24.5 Å². The third-order valence-electron chi connectivity index (χ3n) is 3.59. The molecule has 0 spiro atoms. The number of rotatable bonds is 10. The van der Waals surface area contributed by atoms with Crippen LogP contribution in [0.3, 0.4) is 0 Å². The summed E-state index contributed by atoms with van der Waals surface area (Å²) in [7, 11) is 3.32. The van der Waals surface area contributed by atoms with Crippen molar-refractivity contribution in [2.45, 2.75) is 46.0 Å². The highest BCUT2D eigenvalue weighted by Gasteiger charge is 2.06. The number of methoxy groups -OCH3 is 2. The van der Waals surface area contributed by atoms with Crippen LogP contribution in [-0.4, -0.2) is 20.8 Å². The van der Waals surface area contributed by atoms with Crippen molar-refractivity contribution in [1.29, 1.82) is 0 Å². The molecule has 0 aliphatic carbocycles. The maximum Gasteiger partial charge on any atom is 0.162 e. The number of nitrogens with one attached hydrogen (secondary N) is 1. The van der Waals surface area contributed by atoms with Gasteiger partial charge in [-0.1, -0.05) is 39.5 Å². The van der Waals surface area contributed by atoms with Gasteiger partial charge < -0.3 is 14.8 Å². The SMILES string of the molecule is CCCCCCC(C)CNc1ccc(OC)c(OC)c1. The van der Waals surface area contributed by atoms with E-state index in [1.807, 2.05) is 18.2 Å². The molecule has 0 aliphatic rings. The molecule has 1 aromatic carbocycles. The van der Waals surface area contributed by atoms with Crippen LogP contribution in [0.1, 0.15) is 46.0 Å². The van der Waals surface area contributed by atoms with Crippen molar-refractivity contribution in [1.82, 2.24) is 0 Å². The van der Waals surface area contributed by atoms with Crippen LogP contribution < -0.4 is 14.8 Å². The Balaban J connectivity index is 2.37. The summed E-state index contributed by atoms with van der Waals surface area (Å²) in [6.07, 6.45) is 6.65. The van der Waals surface area contributed by atoms with Crippen LogP contribution in [0, 0.1) is 5.92 Å². The monoisotopic (exact) mass is 279 g/mol. The van der Waals surface area contributed by atoms with Gasteiger partial charge in [0.1, 0.15) is 0 Å². The third-order valence-corrected chi connectivity index (χ3v) is 3.59. The van der Waals surface area contributed by atoms with Gasteiger partial charge in [0.15, 0.2) is 11.5 Å². The summed E-state index contributed by atoms with van der Waals surface area (Å²) in [5.74, 6) is 2.23.